The third kappa shape index (κ3) is 3.19. The molecule has 0 aromatic carbocycles. The molecule has 1 fully saturated rings. The first-order chi connectivity index (χ1) is 5.83. The van der Waals surface area contributed by atoms with E-state index in [1.54, 1.807) is 7.05 Å². The van der Waals surface area contributed by atoms with Gasteiger partial charge in [-0.05, 0) is 13.0 Å². The first kappa shape index (κ1) is 9.48. The molecular weight excluding hydrogens is 156 g/mol. The molecule has 4 nitrogen and oxygen atoms in total. The minimum atomic E-state index is 0.113. The second-order valence-corrected chi connectivity index (χ2v) is 2.97. The topological polar surface area (TPSA) is 50.4 Å². The van der Waals surface area contributed by atoms with Gasteiger partial charge in [0.15, 0.2) is 0 Å². The van der Waals surface area contributed by atoms with Gasteiger partial charge in [-0.25, -0.2) is 0 Å². The Kier molecular flexibility index (Phi) is 4.04. The molecule has 0 aliphatic carbocycles. The molecule has 0 aromatic heterocycles. The molecule has 1 aliphatic heterocycles. The zero-order valence-corrected chi connectivity index (χ0v) is 7.43. The summed E-state index contributed by atoms with van der Waals surface area (Å²) >= 11 is 0. The van der Waals surface area contributed by atoms with E-state index in [4.69, 9.17) is 4.74 Å². The Bertz CT molecular complexity index is 146. The van der Waals surface area contributed by atoms with Crippen LogP contribution in [0.3, 0.4) is 0 Å². The van der Waals surface area contributed by atoms with Crippen LogP contribution < -0.4 is 10.6 Å². The van der Waals surface area contributed by atoms with Crippen molar-refractivity contribution >= 4 is 5.91 Å². The quantitative estimate of drug-likeness (QED) is 0.550. The monoisotopic (exact) mass is 172 g/mol. The van der Waals surface area contributed by atoms with Gasteiger partial charge in [0.05, 0.1) is 19.3 Å². The Morgan fingerprint density at radius 3 is 2.83 bits per heavy atom. The minimum Gasteiger partial charge on any atom is -0.378 e. The lowest BCUT2D eigenvalue weighted by molar-refractivity contribution is -0.120. The molecule has 1 heterocycles. The van der Waals surface area contributed by atoms with E-state index in [9.17, 15) is 4.79 Å². The average molecular weight is 172 g/mol. The van der Waals surface area contributed by atoms with Gasteiger partial charge in [0, 0.05) is 13.5 Å². The highest BCUT2D eigenvalue weighted by Crippen LogP contribution is 1.99. The number of ether oxygens (including phenoxy) is 1. The van der Waals surface area contributed by atoms with Gasteiger partial charge in [-0.15, -0.1) is 0 Å². The molecule has 2 N–H and O–H groups in total. The molecule has 0 bridgehead atoms. The van der Waals surface area contributed by atoms with Crippen molar-refractivity contribution in [1.29, 1.82) is 0 Å². The van der Waals surface area contributed by atoms with Crippen molar-refractivity contribution in [3.63, 3.8) is 0 Å². The zero-order chi connectivity index (χ0) is 8.81. The Morgan fingerprint density at radius 1 is 1.58 bits per heavy atom. The molecule has 4 heteroatoms. The van der Waals surface area contributed by atoms with Crippen molar-refractivity contribution < 1.29 is 9.53 Å². The SMILES string of the molecule is CNC(=O)CCCNC1COC1. The van der Waals surface area contributed by atoms with Crippen molar-refractivity contribution in [2.24, 2.45) is 0 Å². The van der Waals surface area contributed by atoms with Gasteiger partial charge in [0.25, 0.3) is 0 Å². The maximum atomic E-state index is 10.8. The van der Waals surface area contributed by atoms with Crippen molar-refractivity contribution in [2.45, 2.75) is 18.9 Å². The molecule has 12 heavy (non-hydrogen) atoms. The highest BCUT2D eigenvalue weighted by molar-refractivity contribution is 5.75. The van der Waals surface area contributed by atoms with Crippen LogP contribution >= 0.6 is 0 Å². The van der Waals surface area contributed by atoms with Gasteiger partial charge in [-0.2, -0.15) is 0 Å². The summed E-state index contributed by atoms with van der Waals surface area (Å²) in [5, 5.41) is 5.88. The summed E-state index contributed by atoms with van der Waals surface area (Å²) in [7, 11) is 1.66. The fourth-order valence-corrected chi connectivity index (χ4v) is 1.03. The number of carbonyl (C=O) groups is 1. The summed E-state index contributed by atoms with van der Waals surface area (Å²) in [5.41, 5.74) is 0. The van der Waals surface area contributed by atoms with Crippen molar-refractivity contribution in [3.05, 3.63) is 0 Å². The minimum absolute atomic E-state index is 0.113. The van der Waals surface area contributed by atoms with Gasteiger partial charge < -0.3 is 15.4 Å². The van der Waals surface area contributed by atoms with Crippen LogP contribution in [-0.4, -0.2) is 38.8 Å². The molecular formula is C8H16N2O2. The highest BCUT2D eigenvalue weighted by atomic mass is 16.5. The van der Waals surface area contributed by atoms with E-state index in [1.807, 2.05) is 0 Å². The van der Waals surface area contributed by atoms with E-state index >= 15 is 0 Å². The Balaban J connectivity index is 1.85. The molecule has 1 amide bonds. The van der Waals surface area contributed by atoms with E-state index in [2.05, 4.69) is 10.6 Å². The lowest BCUT2D eigenvalue weighted by Crippen LogP contribution is -2.46. The maximum Gasteiger partial charge on any atom is 0.219 e. The first-order valence-electron chi connectivity index (χ1n) is 4.34. The normalized spacial score (nSPS) is 17.1. The second-order valence-electron chi connectivity index (χ2n) is 2.97. The largest absolute Gasteiger partial charge is 0.378 e. The standard InChI is InChI=1S/C8H16N2O2/c1-9-8(11)3-2-4-10-7-5-12-6-7/h7,10H,2-6H2,1H3,(H,9,11). The molecule has 1 saturated heterocycles. The van der Waals surface area contributed by atoms with Crippen LogP contribution in [0.5, 0.6) is 0 Å². The maximum absolute atomic E-state index is 10.8. The fourth-order valence-electron chi connectivity index (χ4n) is 1.03. The van der Waals surface area contributed by atoms with Crippen molar-refractivity contribution in [3.8, 4) is 0 Å². The highest BCUT2D eigenvalue weighted by Gasteiger charge is 2.16. The number of carbonyl (C=O) groups excluding carboxylic acids is 1. The van der Waals surface area contributed by atoms with Crippen LogP contribution in [0, 0.1) is 0 Å². The summed E-state index contributed by atoms with van der Waals surface area (Å²) in [5.74, 6) is 0.113. The van der Waals surface area contributed by atoms with Gasteiger partial charge in [-0.1, -0.05) is 0 Å². The molecule has 0 unspecified atom stereocenters. The number of hydrogen-bond donors (Lipinski definition) is 2. The smallest absolute Gasteiger partial charge is 0.219 e. The summed E-state index contributed by atoms with van der Waals surface area (Å²) in [6.45, 7) is 2.54. The molecule has 1 aliphatic rings. The first-order valence-corrected chi connectivity index (χ1v) is 4.34. The molecule has 1 rings (SSSR count). The van der Waals surface area contributed by atoms with E-state index in [-0.39, 0.29) is 5.91 Å². The third-order valence-corrected chi connectivity index (χ3v) is 1.93. The summed E-state index contributed by atoms with van der Waals surface area (Å²) in [4.78, 5) is 10.8. The number of rotatable bonds is 5. The summed E-state index contributed by atoms with van der Waals surface area (Å²) < 4.78 is 4.99. The lowest BCUT2D eigenvalue weighted by atomic mass is 10.2. The molecule has 0 saturated carbocycles. The molecule has 0 radical (unpaired) electrons. The summed E-state index contributed by atoms with van der Waals surface area (Å²) in [6.07, 6.45) is 1.51. The van der Waals surface area contributed by atoms with Crippen LogP contribution in [0.15, 0.2) is 0 Å². The number of amides is 1. The average Bonchev–Trinajstić information content (AvgIpc) is 2.00. The van der Waals surface area contributed by atoms with Crippen LogP contribution in [0.1, 0.15) is 12.8 Å². The zero-order valence-electron chi connectivity index (χ0n) is 7.43. The van der Waals surface area contributed by atoms with Gasteiger partial charge in [0.2, 0.25) is 5.91 Å². The van der Waals surface area contributed by atoms with Crippen LogP contribution in [0.4, 0.5) is 0 Å². The van der Waals surface area contributed by atoms with E-state index in [0.717, 1.165) is 26.2 Å². The van der Waals surface area contributed by atoms with Crippen molar-refractivity contribution in [2.75, 3.05) is 26.8 Å². The fraction of sp³-hybridized carbons (Fsp3) is 0.875. The van der Waals surface area contributed by atoms with E-state index in [1.165, 1.54) is 0 Å². The summed E-state index contributed by atoms with van der Waals surface area (Å²) in [6, 6.07) is 0.523. The van der Waals surface area contributed by atoms with Crippen LogP contribution in [-0.2, 0) is 9.53 Å². The predicted molar refractivity (Wildman–Crippen MR) is 45.9 cm³/mol. The van der Waals surface area contributed by atoms with Crippen LogP contribution in [0.2, 0.25) is 0 Å². The van der Waals surface area contributed by atoms with Gasteiger partial charge in [-0.3, -0.25) is 4.79 Å². The Morgan fingerprint density at radius 2 is 2.33 bits per heavy atom. The molecule has 0 atom stereocenters. The van der Waals surface area contributed by atoms with E-state index < -0.39 is 0 Å². The Hall–Kier alpha value is -0.610. The lowest BCUT2D eigenvalue weighted by Gasteiger charge is -2.26. The van der Waals surface area contributed by atoms with Crippen molar-refractivity contribution in [1.82, 2.24) is 10.6 Å². The molecule has 70 valence electrons. The number of hydrogen-bond acceptors (Lipinski definition) is 3. The van der Waals surface area contributed by atoms with E-state index in [0.29, 0.717) is 12.5 Å². The predicted octanol–water partition coefficient (Wildman–Crippen LogP) is -0.499. The van der Waals surface area contributed by atoms with Crippen LogP contribution in [0.25, 0.3) is 0 Å². The molecule has 0 aromatic rings. The molecule has 0 spiro atoms. The third-order valence-electron chi connectivity index (χ3n) is 1.93. The van der Waals surface area contributed by atoms with Gasteiger partial charge in [0.1, 0.15) is 0 Å². The number of nitrogens with one attached hydrogen (secondary N) is 2. The van der Waals surface area contributed by atoms with Gasteiger partial charge >= 0.3 is 0 Å². The Labute approximate surface area is 72.7 Å². The second kappa shape index (κ2) is 5.11.